The number of rotatable bonds is 6. The number of hydrogen-bond acceptors (Lipinski definition) is 4. The first-order valence-corrected chi connectivity index (χ1v) is 8.38. The molecule has 0 aliphatic heterocycles. The molecule has 2 rings (SSSR count). The number of benzene rings is 1. The Balaban J connectivity index is 1.97. The Morgan fingerprint density at radius 2 is 2.04 bits per heavy atom. The summed E-state index contributed by atoms with van der Waals surface area (Å²) in [6.07, 6.45) is 3.99. The van der Waals surface area contributed by atoms with Gasteiger partial charge in [-0.1, -0.05) is 19.9 Å². The molecule has 122 valence electrons. The second-order valence-corrected chi connectivity index (χ2v) is 6.69. The summed E-state index contributed by atoms with van der Waals surface area (Å²) in [4.78, 5) is 20.4. The number of carbonyl (C=O) groups is 1. The van der Waals surface area contributed by atoms with E-state index in [9.17, 15) is 4.79 Å². The number of aryl methyl sites for hydroxylation is 1. The van der Waals surface area contributed by atoms with Crippen molar-refractivity contribution in [2.45, 2.75) is 27.2 Å². The predicted octanol–water partition coefficient (Wildman–Crippen LogP) is 4.07. The largest absolute Gasteiger partial charge is 0.351 e. The van der Waals surface area contributed by atoms with Gasteiger partial charge in [0.1, 0.15) is 11.5 Å². The van der Waals surface area contributed by atoms with Crippen molar-refractivity contribution in [3.63, 3.8) is 0 Å². The second kappa shape index (κ2) is 8.06. The highest BCUT2D eigenvalue weighted by Gasteiger charge is 2.08. The number of carbonyl (C=O) groups excluding carboxylic acids is 1. The molecule has 1 amide bonds. The highest BCUT2D eigenvalue weighted by atomic mass is 79.9. The zero-order valence-electron chi connectivity index (χ0n) is 13.6. The van der Waals surface area contributed by atoms with E-state index in [1.807, 2.05) is 25.1 Å². The molecule has 23 heavy (non-hydrogen) atoms. The number of anilines is 2. The minimum Gasteiger partial charge on any atom is -0.351 e. The molecule has 0 unspecified atom stereocenters. The molecule has 1 heterocycles. The van der Waals surface area contributed by atoms with E-state index in [0.29, 0.717) is 24.0 Å². The van der Waals surface area contributed by atoms with Crippen LogP contribution >= 0.6 is 15.9 Å². The lowest BCUT2D eigenvalue weighted by atomic mass is 10.1. The van der Waals surface area contributed by atoms with Crippen molar-refractivity contribution in [2.24, 2.45) is 5.92 Å². The van der Waals surface area contributed by atoms with Gasteiger partial charge in [-0.2, -0.15) is 0 Å². The van der Waals surface area contributed by atoms with Crippen molar-refractivity contribution in [1.82, 2.24) is 15.3 Å². The Bertz CT molecular complexity index is 671. The molecule has 2 N–H and O–H groups in total. The minimum absolute atomic E-state index is 0.193. The summed E-state index contributed by atoms with van der Waals surface area (Å²) in [6.45, 7) is 6.92. The van der Waals surface area contributed by atoms with E-state index in [-0.39, 0.29) is 5.91 Å². The number of amides is 1. The molecule has 0 aliphatic rings. The molecule has 0 saturated carbocycles. The Labute approximate surface area is 145 Å². The Morgan fingerprint density at radius 3 is 2.65 bits per heavy atom. The summed E-state index contributed by atoms with van der Waals surface area (Å²) < 4.78 is 0.954. The zero-order chi connectivity index (χ0) is 16.8. The molecule has 5 nitrogen and oxygen atoms in total. The summed E-state index contributed by atoms with van der Waals surface area (Å²) in [5, 5.41) is 6.02. The molecule has 6 heteroatoms. The quantitative estimate of drug-likeness (QED) is 0.797. The van der Waals surface area contributed by atoms with Crippen LogP contribution in [0.4, 0.5) is 11.5 Å². The fraction of sp³-hybridized carbons (Fsp3) is 0.353. The first-order valence-electron chi connectivity index (χ1n) is 7.59. The van der Waals surface area contributed by atoms with Gasteiger partial charge >= 0.3 is 0 Å². The van der Waals surface area contributed by atoms with Crippen LogP contribution in [-0.2, 0) is 0 Å². The van der Waals surface area contributed by atoms with Crippen LogP contribution in [0.25, 0.3) is 0 Å². The number of nitrogens with one attached hydrogen (secondary N) is 2. The predicted molar refractivity (Wildman–Crippen MR) is 96.0 cm³/mol. The second-order valence-electron chi connectivity index (χ2n) is 5.83. The number of aromatic nitrogens is 2. The van der Waals surface area contributed by atoms with Crippen molar-refractivity contribution < 1.29 is 4.79 Å². The van der Waals surface area contributed by atoms with Crippen molar-refractivity contribution in [3.8, 4) is 0 Å². The number of halogens is 1. The summed E-state index contributed by atoms with van der Waals surface area (Å²) in [7, 11) is 0. The van der Waals surface area contributed by atoms with Crippen LogP contribution in [0.15, 0.2) is 35.1 Å². The molecule has 0 aliphatic carbocycles. The number of nitrogens with zero attached hydrogens (tertiary/aromatic N) is 2. The summed E-state index contributed by atoms with van der Waals surface area (Å²) in [5.41, 5.74) is 2.39. The standard InChI is InChI=1S/C17H21BrN4O/c1-11(2)6-7-19-17(23)15-9-21-16(10-20-15)22-14-5-4-12(3)8-13(14)18/h4-5,8-11H,6-7H2,1-3H3,(H,19,23)(H,21,22). The molecule has 1 aromatic carbocycles. The van der Waals surface area contributed by atoms with Gasteiger partial charge in [0.05, 0.1) is 18.1 Å². The molecule has 1 aromatic heterocycles. The lowest BCUT2D eigenvalue weighted by Crippen LogP contribution is -2.26. The van der Waals surface area contributed by atoms with Crippen molar-refractivity contribution in [2.75, 3.05) is 11.9 Å². The third kappa shape index (κ3) is 5.32. The number of hydrogen-bond donors (Lipinski definition) is 2. The van der Waals surface area contributed by atoms with Crippen molar-refractivity contribution >= 4 is 33.3 Å². The average molecular weight is 377 g/mol. The summed E-state index contributed by atoms with van der Waals surface area (Å²) in [6, 6.07) is 6.00. The van der Waals surface area contributed by atoms with Crippen LogP contribution < -0.4 is 10.6 Å². The van der Waals surface area contributed by atoms with Gasteiger partial charge < -0.3 is 10.6 Å². The molecular weight excluding hydrogens is 356 g/mol. The van der Waals surface area contributed by atoms with Crippen LogP contribution in [0.2, 0.25) is 0 Å². The minimum atomic E-state index is -0.193. The Morgan fingerprint density at radius 1 is 1.26 bits per heavy atom. The smallest absolute Gasteiger partial charge is 0.271 e. The van der Waals surface area contributed by atoms with Crippen molar-refractivity contribution in [3.05, 3.63) is 46.3 Å². The van der Waals surface area contributed by atoms with Gasteiger partial charge in [0.2, 0.25) is 0 Å². The van der Waals surface area contributed by atoms with E-state index in [1.54, 1.807) is 6.20 Å². The van der Waals surface area contributed by atoms with Crippen LogP contribution in [0, 0.1) is 12.8 Å². The summed E-state index contributed by atoms with van der Waals surface area (Å²) in [5.74, 6) is 0.954. The van der Waals surface area contributed by atoms with Gasteiger partial charge in [-0.25, -0.2) is 9.97 Å². The van der Waals surface area contributed by atoms with Gasteiger partial charge in [-0.05, 0) is 52.9 Å². The van der Waals surface area contributed by atoms with Crippen LogP contribution in [0.5, 0.6) is 0 Å². The van der Waals surface area contributed by atoms with Crippen LogP contribution in [0.3, 0.4) is 0 Å². The van der Waals surface area contributed by atoms with E-state index in [4.69, 9.17) is 0 Å². The molecule has 0 fully saturated rings. The molecule has 0 radical (unpaired) electrons. The molecule has 0 atom stereocenters. The topological polar surface area (TPSA) is 66.9 Å². The lowest BCUT2D eigenvalue weighted by molar-refractivity contribution is 0.0946. The molecular formula is C17H21BrN4O. The van der Waals surface area contributed by atoms with Crippen LogP contribution in [-0.4, -0.2) is 22.4 Å². The fourth-order valence-corrected chi connectivity index (χ4v) is 2.53. The van der Waals surface area contributed by atoms with E-state index < -0.39 is 0 Å². The molecule has 0 saturated heterocycles. The average Bonchev–Trinajstić information content (AvgIpc) is 2.50. The monoisotopic (exact) mass is 376 g/mol. The maximum absolute atomic E-state index is 11.9. The normalized spacial score (nSPS) is 10.7. The SMILES string of the molecule is Cc1ccc(Nc2cnc(C(=O)NCCC(C)C)cn2)c(Br)c1. The Kier molecular flexibility index (Phi) is 6.10. The highest BCUT2D eigenvalue weighted by Crippen LogP contribution is 2.25. The Hall–Kier alpha value is -1.95. The molecule has 0 spiro atoms. The third-order valence-electron chi connectivity index (χ3n) is 3.28. The lowest BCUT2D eigenvalue weighted by Gasteiger charge is -2.09. The zero-order valence-corrected chi connectivity index (χ0v) is 15.1. The van der Waals surface area contributed by atoms with Gasteiger partial charge in [-0.3, -0.25) is 4.79 Å². The van der Waals surface area contributed by atoms with E-state index >= 15 is 0 Å². The third-order valence-corrected chi connectivity index (χ3v) is 3.94. The molecule has 2 aromatic rings. The maximum Gasteiger partial charge on any atom is 0.271 e. The van der Waals surface area contributed by atoms with Gasteiger partial charge in [0.15, 0.2) is 0 Å². The fourth-order valence-electron chi connectivity index (χ4n) is 1.93. The first kappa shape index (κ1) is 17.4. The molecule has 0 bridgehead atoms. The van der Waals surface area contributed by atoms with Gasteiger partial charge in [0, 0.05) is 11.0 Å². The summed E-state index contributed by atoms with van der Waals surface area (Å²) >= 11 is 3.51. The van der Waals surface area contributed by atoms with E-state index in [1.165, 1.54) is 11.8 Å². The first-order chi connectivity index (χ1) is 11.0. The van der Waals surface area contributed by atoms with E-state index in [2.05, 4.69) is 50.4 Å². The van der Waals surface area contributed by atoms with E-state index in [0.717, 1.165) is 16.6 Å². The maximum atomic E-state index is 11.9. The van der Waals surface area contributed by atoms with Crippen LogP contribution in [0.1, 0.15) is 36.3 Å². The van der Waals surface area contributed by atoms with Gasteiger partial charge in [-0.15, -0.1) is 0 Å². The van der Waals surface area contributed by atoms with Crippen molar-refractivity contribution in [1.29, 1.82) is 0 Å². The highest BCUT2D eigenvalue weighted by molar-refractivity contribution is 9.10. The van der Waals surface area contributed by atoms with Gasteiger partial charge in [0.25, 0.3) is 5.91 Å².